The van der Waals surface area contributed by atoms with Crippen LogP contribution in [0.5, 0.6) is 0 Å². The van der Waals surface area contributed by atoms with Crippen LogP contribution >= 0.6 is 0 Å². The second-order valence-electron chi connectivity index (χ2n) is 6.21. The van der Waals surface area contributed by atoms with Crippen LogP contribution in [-0.2, 0) is 26.1 Å². The predicted molar refractivity (Wildman–Crippen MR) is 89.6 cm³/mol. The van der Waals surface area contributed by atoms with Crippen molar-refractivity contribution in [3.63, 3.8) is 0 Å². The van der Waals surface area contributed by atoms with Gasteiger partial charge in [0.1, 0.15) is 12.4 Å². The summed E-state index contributed by atoms with van der Waals surface area (Å²) in [5, 5.41) is 0. The van der Waals surface area contributed by atoms with Crippen LogP contribution in [0.25, 0.3) is 0 Å². The zero-order valence-electron chi connectivity index (χ0n) is 14.1. The highest BCUT2D eigenvalue weighted by Gasteiger charge is 2.26. The topological polar surface area (TPSA) is 84.9 Å². The second-order valence-corrected chi connectivity index (χ2v) is 8.19. The van der Waals surface area contributed by atoms with E-state index in [0.29, 0.717) is 51.1 Å². The smallest absolute Gasteiger partial charge is 0.211 e. The number of hydrogen-bond donors (Lipinski definition) is 0. The third-order valence-electron chi connectivity index (χ3n) is 4.43. The van der Waals surface area contributed by atoms with Crippen LogP contribution in [0, 0.1) is 0 Å². The number of sulfonamides is 1. The lowest BCUT2D eigenvalue weighted by molar-refractivity contribution is 0.177. The molecule has 2 fully saturated rings. The van der Waals surface area contributed by atoms with Crippen molar-refractivity contribution in [2.75, 3.05) is 57.7 Å². The van der Waals surface area contributed by atoms with Gasteiger partial charge in [0.05, 0.1) is 18.6 Å². The minimum absolute atomic E-state index is 0.291. The molecule has 0 bridgehead atoms. The summed E-state index contributed by atoms with van der Waals surface area (Å²) in [6.45, 7) is 4.00. The van der Waals surface area contributed by atoms with Gasteiger partial charge in [-0.3, -0.25) is 0 Å². The van der Waals surface area contributed by atoms with Crippen molar-refractivity contribution in [2.24, 2.45) is 0 Å². The van der Waals surface area contributed by atoms with Gasteiger partial charge in [0.15, 0.2) is 5.82 Å². The number of aromatic nitrogens is 2. The van der Waals surface area contributed by atoms with Gasteiger partial charge in [0.25, 0.3) is 0 Å². The van der Waals surface area contributed by atoms with E-state index in [1.54, 1.807) is 7.11 Å². The van der Waals surface area contributed by atoms with Crippen molar-refractivity contribution in [1.29, 1.82) is 0 Å². The third-order valence-corrected chi connectivity index (χ3v) is 5.73. The molecule has 134 valence electrons. The molecule has 9 heteroatoms. The van der Waals surface area contributed by atoms with E-state index >= 15 is 0 Å². The van der Waals surface area contributed by atoms with Gasteiger partial charge in [-0.2, -0.15) is 4.31 Å². The van der Waals surface area contributed by atoms with Gasteiger partial charge in [0.2, 0.25) is 10.0 Å². The van der Waals surface area contributed by atoms with Crippen molar-refractivity contribution in [3.8, 4) is 0 Å². The van der Waals surface area contributed by atoms with Crippen LogP contribution in [-0.4, -0.2) is 75.4 Å². The van der Waals surface area contributed by atoms with Gasteiger partial charge in [-0.25, -0.2) is 18.4 Å². The van der Waals surface area contributed by atoms with Crippen LogP contribution in [0.1, 0.15) is 23.9 Å². The first kappa shape index (κ1) is 17.5. The molecular formula is C15H24N4O4S. The van der Waals surface area contributed by atoms with Crippen molar-refractivity contribution < 1.29 is 17.9 Å². The minimum atomic E-state index is -3.13. The molecule has 1 atom stereocenters. The monoisotopic (exact) mass is 356 g/mol. The highest BCUT2D eigenvalue weighted by molar-refractivity contribution is 7.88. The number of methoxy groups -OCH3 is 1. The Morgan fingerprint density at radius 3 is 2.62 bits per heavy atom. The van der Waals surface area contributed by atoms with Crippen LogP contribution in [0.4, 0.5) is 5.82 Å². The van der Waals surface area contributed by atoms with Crippen LogP contribution in [0.2, 0.25) is 0 Å². The van der Waals surface area contributed by atoms with E-state index in [1.807, 2.05) is 6.07 Å². The summed E-state index contributed by atoms with van der Waals surface area (Å²) >= 11 is 0. The lowest BCUT2D eigenvalue weighted by Crippen LogP contribution is -2.48. The Morgan fingerprint density at radius 1 is 1.29 bits per heavy atom. The standard InChI is InChI=1S/C15H24N4O4S/c1-22-11-14-16-13(12-3-8-23-10-12)9-15(17-14)18-4-6-19(7-5-18)24(2,20)21/h9,12H,3-8,10-11H2,1-2H3/t12-/m1/s1. The molecule has 8 nitrogen and oxygen atoms in total. The van der Waals surface area contributed by atoms with E-state index in [2.05, 4.69) is 14.9 Å². The van der Waals surface area contributed by atoms with Crippen LogP contribution < -0.4 is 4.90 Å². The van der Waals surface area contributed by atoms with Gasteiger partial charge in [-0.1, -0.05) is 0 Å². The summed E-state index contributed by atoms with van der Waals surface area (Å²) in [5.74, 6) is 1.79. The van der Waals surface area contributed by atoms with Gasteiger partial charge >= 0.3 is 0 Å². The number of hydrogen-bond acceptors (Lipinski definition) is 7. The summed E-state index contributed by atoms with van der Waals surface area (Å²) in [6.07, 6.45) is 2.22. The van der Waals surface area contributed by atoms with E-state index in [-0.39, 0.29) is 0 Å². The number of nitrogens with zero attached hydrogens (tertiary/aromatic N) is 4. The zero-order valence-corrected chi connectivity index (χ0v) is 15.0. The maximum atomic E-state index is 11.6. The molecule has 0 saturated carbocycles. The SMILES string of the molecule is COCc1nc([C@@H]2CCOC2)cc(N2CCN(S(C)(=O)=O)CC2)n1. The van der Waals surface area contributed by atoms with Crippen LogP contribution in [0.15, 0.2) is 6.07 Å². The highest BCUT2D eigenvalue weighted by Crippen LogP contribution is 2.27. The fraction of sp³-hybridized carbons (Fsp3) is 0.733. The first-order chi connectivity index (χ1) is 11.5. The Balaban J connectivity index is 1.79. The molecule has 3 rings (SSSR count). The Hall–Kier alpha value is -1.29. The van der Waals surface area contributed by atoms with Gasteiger partial charge < -0.3 is 14.4 Å². The number of ether oxygens (including phenoxy) is 2. The maximum absolute atomic E-state index is 11.6. The normalized spacial score (nSPS) is 22.9. The predicted octanol–water partition coefficient (Wildman–Crippen LogP) is 0.209. The van der Waals surface area contributed by atoms with E-state index in [9.17, 15) is 8.42 Å². The molecule has 2 aliphatic rings. The van der Waals surface area contributed by atoms with E-state index < -0.39 is 10.0 Å². The Labute approximate surface area is 142 Å². The summed E-state index contributed by atoms with van der Waals surface area (Å²) in [4.78, 5) is 11.3. The molecule has 1 aromatic heterocycles. The first-order valence-corrected chi connectivity index (χ1v) is 9.97. The van der Waals surface area contributed by atoms with Crippen molar-refractivity contribution in [2.45, 2.75) is 18.9 Å². The zero-order chi connectivity index (χ0) is 17.2. The van der Waals surface area contributed by atoms with Crippen molar-refractivity contribution in [1.82, 2.24) is 14.3 Å². The van der Waals surface area contributed by atoms with E-state index in [1.165, 1.54) is 10.6 Å². The molecule has 2 aliphatic heterocycles. The Kier molecular flexibility index (Phi) is 5.33. The fourth-order valence-corrected chi connectivity index (χ4v) is 3.91. The van der Waals surface area contributed by atoms with Gasteiger partial charge in [-0.15, -0.1) is 0 Å². The molecule has 0 N–H and O–H groups in total. The average Bonchev–Trinajstić information content (AvgIpc) is 3.09. The quantitative estimate of drug-likeness (QED) is 0.745. The highest BCUT2D eigenvalue weighted by atomic mass is 32.2. The van der Waals surface area contributed by atoms with Crippen LogP contribution in [0.3, 0.4) is 0 Å². The number of piperazine rings is 1. The summed E-state index contributed by atoms with van der Waals surface area (Å²) in [5.41, 5.74) is 0.982. The Bertz CT molecular complexity index is 668. The maximum Gasteiger partial charge on any atom is 0.211 e. The Morgan fingerprint density at radius 2 is 2.04 bits per heavy atom. The lowest BCUT2D eigenvalue weighted by atomic mass is 10.0. The molecule has 0 spiro atoms. The molecule has 0 aromatic carbocycles. The molecular weight excluding hydrogens is 332 g/mol. The summed E-state index contributed by atoms with van der Waals surface area (Å²) in [6, 6.07) is 2.01. The molecule has 0 amide bonds. The average molecular weight is 356 g/mol. The molecule has 0 aliphatic carbocycles. The van der Waals surface area contributed by atoms with Gasteiger partial charge in [0, 0.05) is 51.9 Å². The molecule has 2 saturated heterocycles. The van der Waals surface area contributed by atoms with Gasteiger partial charge in [-0.05, 0) is 6.42 Å². The molecule has 0 radical (unpaired) electrons. The fourth-order valence-electron chi connectivity index (χ4n) is 3.08. The largest absolute Gasteiger partial charge is 0.381 e. The minimum Gasteiger partial charge on any atom is -0.381 e. The summed E-state index contributed by atoms with van der Waals surface area (Å²) < 4.78 is 35.5. The molecule has 24 heavy (non-hydrogen) atoms. The molecule has 3 heterocycles. The molecule has 1 aromatic rings. The van der Waals surface area contributed by atoms with Crippen molar-refractivity contribution in [3.05, 3.63) is 17.6 Å². The second kappa shape index (κ2) is 7.30. The first-order valence-electron chi connectivity index (χ1n) is 8.12. The summed E-state index contributed by atoms with van der Waals surface area (Å²) in [7, 11) is -1.51. The number of anilines is 1. The third kappa shape index (κ3) is 4.02. The van der Waals surface area contributed by atoms with Crippen molar-refractivity contribution >= 4 is 15.8 Å². The van der Waals surface area contributed by atoms with E-state index in [4.69, 9.17) is 9.47 Å². The van der Waals surface area contributed by atoms with E-state index in [0.717, 1.165) is 24.5 Å². The molecule has 0 unspecified atom stereocenters. The lowest BCUT2D eigenvalue weighted by Gasteiger charge is -2.34. The number of rotatable bonds is 5.